The van der Waals surface area contributed by atoms with E-state index in [1.807, 2.05) is 0 Å². The van der Waals surface area contributed by atoms with Crippen LogP contribution in [-0.2, 0) is 0 Å². The van der Waals surface area contributed by atoms with Gasteiger partial charge in [0.15, 0.2) is 0 Å². The van der Waals surface area contributed by atoms with Crippen molar-refractivity contribution in [3.63, 3.8) is 0 Å². The highest BCUT2D eigenvalue weighted by molar-refractivity contribution is 4.91. The summed E-state index contributed by atoms with van der Waals surface area (Å²) in [6.07, 6.45) is 17.2. The van der Waals surface area contributed by atoms with Crippen molar-refractivity contribution in [2.24, 2.45) is 76.4 Å². The quantitative estimate of drug-likeness (QED) is 0.107. The zero-order valence-corrected chi connectivity index (χ0v) is 31.9. The summed E-state index contributed by atoms with van der Waals surface area (Å²) in [4.78, 5) is 0. The van der Waals surface area contributed by atoms with Crippen molar-refractivity contribution < 1.29 is 0 Å². The summed E-state index contributed by atoms with van der Waals surface area (Å²) in [6, 6.07) is 0. The molecule has 248 valence electrons. The minimum Gasteiger partial charge on any atom is -0.0628 e. The minimum absolute atomic E-state index is 0.478. The van der Waals surface area contributed by atoms with Crippen molar-refractivity contribution in [1.29, 1.82) is 0 Å². The fourth-order valence-electron chi connectivity index (χ4n) is 9.33. The van der Waals surface area contributed by atoms with Gasteiger partial charge in [0.05, 0.1) is 0 Å². The smallest absolute Gasteiger partial charge is 0.0287 e. The summed E-state index contributed by atoms with van der Waals surface area (Å²) >= 11 is 0. The van der Waals surface area contributed by atoms with Crippen molar-refractivity contribution in [2.75, 3.05) is 0 Å². The number of rotatable bonds is 24. The molecule has 0 saturated heterocycles. The first-order chi connectivity index (χ1) is 18.8. The third-order valence-electron chi connectivity index (χ3n) is 9.32. The third-order valence-corrected chi connectivity index (χ3v) is 9.32. The maximum atomic E-state index is 2.48. The van der Waals surface area contributed by atoms with Crippen LogP contribution in [0.3, 0.4) is 0 Å². The second-order valence-corrected chi connectivity index (χ2v) is 18.8. The van der Waals surface area contributed by atoms with Crippen molar-refractivity contribution in [3.8, 4) is 0 Å². The van der Waals surface area contributed by atoms with E-state index in [4.69, 9.17) is 0 Å². The Morgan fingerprint density at radius 2 is 0.366 bits per heavy atom. The average Bonchev–Trinajstić information content (AvgIpc) is 2.69. The molecular formula is C41H84. The highest BCUT2D eigenvalue weighted by atomic mass is 14.5. The summed E-state index contributed by atoms with van der Waals surface area (Å²) in [5.41, 5.74) is 0.478. The van der Waals surface area contributed by atoms with Gasteiger partial charge in [0.2, 0.25) is 0 Å². The van der Waals surface area contributed by atoms with Gasteiger partial charge in [-0.25, -0.2) is 0 Å². The van der Waals surface area contributed by atoms with E-state index < -0.39 is 0 Å². The van der Waals surface area contributed by atoms with Crippen LogP contribution in [0.1, 0.15) is 188 Å². The normalized spacial score (nSPS) is 13.8. The molecule has 0 unspecified atom stereocenters. The first-order valence-corrected chi connectivity index (χ1v) is 18.8. The van der Waals surface area contributed by atoms with E-state index in [2.05, 4.69) is 111 Å². The lowest BCUT2D eigenvalue weighted by atomic mass is 9.59. The van der Waals surface area contributed by atoms with Crippen LogP contribution in [0.25, 0.3) is 0 Å². The van der Waals surface area contributed by atoms with Crippen molar-refractivity contribution >= 4 is 0 Å². The second kappa shape index (κ2) is 20.9. The lowest BCUT2D eigenvalue weighted by molar-refractivity contribution is 0.0497. The number of hydrogen-bond donors (Lipinski definition) is 0. The Balaban J connectivity index is 7.06. The molecule has 41 heavy (non-hydrogen) atoms. The third kappa shape index (κ3) is 21.4. The minimum atomic E-state index is 0.478. The molecule has 0 amide bonds. The molecule has 0 heteroatoms. The van der Waals surface area contributed by atoms with Gasteiger partial charge < -0.3 is 0 Å². The van der Waals surface area contributed by atoms with Gasteiger partial charge in [-0.05, 0) is 153 Å². The average molecular weight is 577 g/mol. The molecule has 0 aliphatic heterocycles. The molecule has 0 radical (unpaired) electrons. The Kier molecular flexibility index (Phi) is 20.9. The summed E-state index contributed by atoms with van der Waals surface area (Å²) in [7, 11) is 0. The fourth-order valence-corrected chi connectivity index (χ4v) is 9.33. The molecule has 0 N–H and O–H groups in total. The van der Waals surface area contributed by atoms with Gasteiger partial charge >= 0.3 is 0 Å². The van der Waals surface area contributed by atoms with E-state index in [0.29, 0.717) is 5.41 Å². The van der Waals surface area contributed by atoms with Gasteiger partial charge in [-0.15, -0.1) is 0 Å². The monoisotopic (exact) mass is 577 g/mol. The highest BCUT2D eigenvalue weighted by Crippen LogP contribution is 2.51. The van der Waals surface area contributed by atoms with Crippen LogP contribution in [0, 0.1) is 76.4 Å². The van der Waals surface area contributed by atoms with Gasteiger partial charge in [-0.1, -0.05) is 111 Å². The first kappa shape index (κ1) is 41.0. The Hall–Kier alpha value is 0. The summed E-state index contributed by atoms with van der Waals surface area (Å²) < 4.78 is 0. The molecule has 0 bridgehead atoms. The summed E-state index contributed by atoms with van der Waals surface area (Å²) in [6.45, 7) is 39.7. The SMILES string of the molecule is CC(C)CC(CC(C)C)CC(CC(CC(C)C)CC(C)C)(CC(CC(C)C)CC(C)C)CC(CC(C)C)CC(C)C. The predicted octanol–water partition coefficient (Wildman–Crippen LogP) is 14.4. The molecule has 0 aromatic rings. The van der Waals surface area contributed by atoms with Crippen LogP contribution in [0.4, 0.5) is 0 Å². The topological polar surface area (TPSA) is 0 Å². The van der Waals surface area contributed by atoms with Crippen molar-refractivity contribution in [3.05, 3.63) is 0 Å². The Morgan fingerprint density at radius 3 is 0.463 bits per heavy atom. The van der Waals surface area contributed by atoms with Gasteiger partial charge in [-0.2, -0.15) is 0 Å². The zero-order chi connectivity index (χ0) is 31.9. The molecule has 0 aliphatic rings. The van der Waals surface area contributed by atoms with Crippen LogP contribution >= 0.6 is 0 Å². The van der Waals surface area contributed by atoms with E-state index in [9.17, 15) is 0 Å². The molecular weight excluding hydrogens is 492 g/mol. The molecule has 0 spiro atoms. The zero-order valence-electron chi connectivity index (χ0n) is 31.9. The van der Waals surface area contributed by atoms with Crippen molar-refractivity contribution in [2.45, 2.75) is 188 Å². The van der Waals surface area contributed by atoms with Crippen LogP contribution in [-0.4, -0.2) is 0 Å². The highest BCUT2D eigenvalue weighted by Gasteiger charge is 2.40. The molecule has 0 aliphatic carbocycles. The molecule has 0 saturated carbocycles. The Bertz CT molecular complexity index is 454. The lowest BCUT2D eigenvalue weighted by Crippen LogP contribution is -2.35. The second-order valence-electron chi connectivity index (χ2n) is 18.8. The molecule has 0 aromatic carbocycles. The molecule has 0 rings (SSSR count). The van der Waals surface area contributed by atoms with Crippen molar-refractivity contribution in [1.82, 2.24) is 0 Å². The Morgan fingerprint density at radius 1 is 0.244 bits per heavy atom. The van der Waals surface area contributed by atoms with Gasteiger partial charge in [0.1, 0.15) is 0 Å². The van der Waals surface area contributed by atoms with E-state index in [0.717, 1.165) is 71.0 Å². The Labute approximate surface area is 263 Å². The van der Waals surface area contributed by atoms with Crippen LogP contribution in [0.2, 0.25) is 0 Å². The van der Waals surface area contributed by atoms with Crippen LogP contribution in [0.5, 0.6) is 0 Å². The summed E-state index contributed by atoms with van der Waals surface area (Å²) in [5, 5.41) is 0. The standard InChI is InChI=1S/C41H84/c1-29(2)17-37(18-30(3)4)25-41(26-38(19-31(5)6)20-32(7)8,27-39(21-33(9)10)22-34(11)12)28-40(23-35(13)14)24-36(15)16/h29-40H,17-28H2,1-16H3. The lowest BCUT2D eigenvalue weighted by Gasteiger charge is -2.46. The number of hydrogen-bond acceptors (Lipinski definition) is 0. The van der Waals surface area contributed by atoms with E-state index in [-0.39, 0.29) is 0 Å². The molecule has 0 aromatic heterocycles. The van der Waals surface area contributed by atoms with E-state index >= 15 is 0 Å². The van der Waals surface area contributed by atoms with Gasteiger partial charge in [0, 0.05) is 0 Å². The largest absolute Gasteiger partial charge is 0.0628 e. The first-order valence-electron chi connectivity index (χ1n) is 18.8. The predicted molar refractivity (Wildman–Crippen MR) is 191 cm³/mol. The maximum absolute atomic E-state index is 2.48. The maximum Gasteiger partial charge on any atom is -0.0287 e. The molecule has 0 heterocycles. The summed E-state index contributed by atoms with van der Waals surface area (Å²) in [5.74, 6) is 9.82. The van der Waals surface area contributed by atoms with E-state index in [1.165, 1.54) is 77.0 Å². The molecule has 0 atom stereocenters. The van der Waals surface area contributed by atoms with Gasteiger partial charge in [-0.3, -0.25) is 0 Å². The molecule has 0 fully saturated rings. The van der Waals surface area contributed by atoms with Crippen LogP contribution in [0.15, 0.2) is 0 Å². The van der Waals surface area contributed by atoms with Gasteiger partial charge in [0.25, 0.3) is 0 Å². The van der Waals surface area contributed by atoms with Crippen LogP contribution < -0.4 is 0 Å². The fraction of sp³-hybridized carbons (Fsp3) is 1.00. The molecule has 0 nitrogen and oxygen atoms in total. The van der Waals surface area contributed by atoms with E-state index in [1.54, 1.807) is 0 Å².